The minimum absolute atomic E-state index is 0.175. The predicted octanol–water partition coefficient (Wildman–Crippen LogP) is 0.731. The normalized spacial score (nSPS) is 10.5. The molecule has 0 aliphatic heterocycles. The maximum absolute atomic E-state index is 11.6. The van der Waals surface area contributed by atoms with Crippen LogP contribution in [0, 0.1) is 0 Å². The molecule has 5 nitrogen and oxygen atoms in total. The van der Waals surface area contributed by atoms with E-state index >= 15 is 0 Å². The average molecular weight is 238 g/mol. The zero-order valence-corrected chi connectivity index (χ0v) is 10.7. The lowest BCUT2D eigenvalue weighted by Crippen LogP contribution is -2.38. The highest BCUT2D eigenvalue weighted by atomic mass is 16.2. The summed E-state index contributed by atoms with van der Waals surface area (Å²) in [7, 11) is 0. The van der Waals surface area contributed by atoms with Crippen LogP contribution in [0.1, 0.15) is 20.3 Å². The Morgan fingerprint density at radius 3 is 2.76 bits per heavy atom. The molecule has 0 fully saturated rings. The molecule has 0 unspecified atom stereocenters. The van der Waals surface area contributed by atoms with Gasteiger partial charge in [0.15, 0.2) is 0 Å². The van der Waals surface area contributed by atoms with Crippen LogP contribution in [-0.2, 0) is 11.3 Å². The molecule has 5 heteroatoms. The quantitative estimate of drug-likeness (QED) is 0.679. The lowest BCUT2D eigenvalue weighted by molar-refractivity contribution is -0.129. The summed E-state index contributed by atoms with van der Waals surface area (Å²) in [6, 6.07) is 1.91. The first-order valence-corrected chi connectivity index (χ1v) is 6.23. The van der Waals surface area contributed by atoms with Crippen LogP contribution in [0.15, 0.2) is 18.5 Å². The molecule has 0 radical (unpaired) electrons. The van der Waals surface area contributed by atoms with E-state index in [-0.39, 0.29) is 5.91 Å². The van der Waals surface area contributed by atoms with Crippen molar-refractivity contribution in [2.45, 2.75) is 26.8 Å². The summed E-state index contributed by atoms with van der Waals surface area (Å²) in [4.78, 5) is 13.5. The number of carbonyl (C=O) groups is 1. The van der Waals surface area contributed by atoms with Crippen LogP contribution in [-0.4, -0.2) is 46.8 Å². The topological polar surface area (TPSA) is 50.2 Å². The van der Waals surface area contributed by atoms with Gasteiger partial charge in [-0.2, -0.15) is 5.10 Å². The average Bonchev–Trinajstić information content (AvgIpc) is 2.83. The maximum Gasteiger partial charge on any atom is 0.236 e. The highest BCUT2D eigenvalue weighted by Gasteiger charge is 2.07. The number of nitrogens with zero attached hydrogens (tertiary/aromatic N) is 3. The summed E-state index contributed by atoms with van der Waals surface area (Å²) in [6.07, 6.45) is 4.70. The second kappa shape index (κ2) is 7.84. The van der Waals surface area contributed by atoms with Crippen molar-refractivity contribution in [1.29, 1.82) is 0 Å². The van der Waals surface area contributed by atoms with E-state index in [0.717, 1.165) is 32.6 Å². The molecule has 0 spiro atoms. The van der Waals surface area contributed by atoms with E-state index in [4.69, 9.17) is 0 Å². The molecule has 1 N–H and O–H groups in total. The summed E-state index contributed by atoms with van der Waals surface area (Å²) in [5.74, 6) is 0.175. The van der Waals surface area contributed by atoms with Gasteiger partial charge in [-0.1, -0.05) is 0 Å². The number of nitrogens with one attached hydrogen (secondary N) is 1. The van der Waals surface area contributed by atoms with Crippen molar-refractivity contribution in [3.8, 4) is 0 Å². The molecule has 0 bridgehead atoms. The monoisotopic (exact) mass is 238 g/mol. The van der Waals surface area contributed by atoms with Gasteiger partial charge in [0.05, 0.1) is 6.54 Å². The molecule has 0 aliphatic rings. The van der Waals surface area contributed by atoms with Crippen LogP contribution >= 0.6 is 0 Å². The van der Waals surface area contributed by atoms with Gasteiger partial charge in [-0.3, -0.25) is 9.48 Å². The highest BCUT2D eigenvalue weighted by Crippen LogP contribution is 1.89. The predicted molar refractivity (Wildman–Crippen MR) is 67.6 cm³/mol. The summed E-state index contributed by atoms with van der Waals surface area (Å²) < 4.78 is 1.90. The van der Waals surface area contributed by atoms with Gasteiger partial charge in [0.25, 0.3) is 0 Å². The molecular formula is C12H22N4O. The van der Waals surface area contributed by atoms with Crippen LogP contribution in [0.4, 0.5) is 0 Å². The van der Waals surface area contributed by atoms with Crippen LogP contribution in [0.25, 0.3) is 0 Å². The minimum Gasteiger partial charge on any atom is -0.342 e. The van der Waals surface area contributed by atoms with Gasteiger partial charge in [-0.25, -0.2) is 0 Å². The molecule has 1 heterocycles. The molecular weight excluding hydrogens is 216 g/mol. The van der Waals surface area contributed by atoms with Gasteiger partial charge in [-0.15, -0.1) is 0 Å². The van der Waals surface area contributed by atoms with Crippen molar-refractivity contribution in [2.75, 3.05) is 26.2 Å². The van der Waals surface area contributed by atoms with Crippen LogP contribution in [0.3, 0.4) is 0 Å². The third kappa shape index (κ3) is 4.99. The molecule has 0 aliphatic carbocycles. The molecule has 0 aromatic carbocycles. The molecule has 0 atom stereocenters. The number of rotatable bonds is 8. The molecule has 0 saturated heterocycles. The van der Waals surface area contributed by atoms with E-state index in [1.54, 1.807) is 6.20 Å². The standard InChI is InChI=1S/C12H22N4O/c1-3-15(4-2)12(17)11-13-7-5-9-16-10-6-8-14-16/h6,8,10,13H,3-5,7,9,11H2,1-2H3. The van der Waals surface area contributed by atoms with Crippen molar-refractivity contribution >= 4 is 5.91 Å². The van der Waals surface area contributed by atoms with E-state index in [0.29, 0.717) is 6.54 Å². The molecule has 17 heavy (non-hydrogen) atoms. The van der Waals surface area contributed by atoms with E-state index in [9.17, 15) is 4.79 Å². The van der Waals surface area contributed by atoms with E-state index in [2.05, 4.69) is 10.4 Å². The summed E-state index contributed by atoms with van der Waals surface area (Å²) in [5.41, 5.74) is 0. The zero-order valence-electron chi connectivity index (χ0n) is 10.7. The second-order valence-electron chi connectivity index (χ2n) is 3.87. The van der Waals surface area contributed by atoms with Gasteiger partial charge >= 0.3 is 0 Å². The molecule has 1 aromatic heterocycles. The highest BCUT2D eigenvalue weighted by molar-refractivity contribution is 5.78. The Hall–Kier alpha value is -1.36. The third-order valence-electron chi connectivity index (χ3n) is 2.69. The summed E-state index contributed by atoms with van der Waals surface area (Å²) in [6.45, 7) is 7.72. The first-order valence-electron chi connectivity index (χ1n) is 6.23. The molecule has 1 rings (SSSR count). The van der Waals surface area contributed by atoms with Gasteiger partial charge in [0, 0.05) is 32.0 Å². The van der Waals surface area contributed by atoms with Gasteiger partial charge in [-0.05, 0) is 32.9 Å². The third-order valence-corrected chi connectivity index (χ3v) is 2.69. The van der Waals surface area contributed by atoms with E-state index < -0.39 is 0 Å². The summed E-state index contributed by atoms with van der Waals surface area (Å²) in [5, 5.41) is 7.28. The van der Waals surface area contributed by atoms with Gasteiger partial charge < -0.3 is 10.2 Å². The Morgan fingerprint density at radius 2 is 2.18 bits per heavy atom. The Bertz CT molecular complexity index is 306. The van der Waals surface area contributed by atoms with Crippen LogP contribution < -0.4 is 5.32 Å². The van der Waals surface area contributed by atoms with Crippen LogP contribution in [0.5, 0.6) is 0 Å². The number of aryl methyl sites for hydroxylation is 1. The Kier molecular flexibility index (Phi) is 6.32. The van der Waals surface area contributed by atoms with Crippen molar-refractivity contribution in [2.24, 2.45) is 0 Å². The number of hydrogen-bond donors (Lipinski definition) is 1. The van der Waals surface area contributed by atoms with Crippen molar-refractivity contribution in [1.82, 2.24) is 20.0 Å². The Morgan fingerprint density at radius 1 is 1.41 bits per heavy atom. The first kappa shape index (κ1) is 13.7. The van der Waals surface area contributed by atoms with Crippen molar-refractivity contribution in [3.63, 3.8) is 0 Å². The number of amides is 1. The molecule has 0 saturated carbocycles. The largest absolute Gasteiger partial charge is 0.342 e. The van der Waals surface area contributed by atoms with Gasteiger partial charge in [0.2, 0.25) is 5.91 Å². The number of carbonyl (C=O) groups excluding carboxylic acids is 1. The SMILES string of the molecule is CCN(CC)C(=O)CNCCCn1cccn1. The van der Waals surface area contributed by atoms with Gasteiger partial charge in [0.1, 0.15) is 0 Å². The first-order chi connectivity index (χ1) is 8.27. The molecule has 96 valence electrons. The number of hydrogen-bond acceptors (Lipinski definition) is 3. The van der Waals surface area contributed by atoms with E-state index in [1.807, 2.05) is 35.7 Å². The second-order valence-corrected chi connectivity index (χ2v) is 3.87. The Labute approximate surface area is 103 Å². The fraction of sp³-hybridized carbons (Fsp3) is 0.667. The minimum atomic E-state index is 0.175. The zero-order chi connectivity index (χ0) is 12.5. The fourth-order valence-corrected chi connectivity index (χ4v) is 1.68. The number of likely N-dealkylation sites (N-methyl/N-ethyl adjacent to an activating group) is 1. The molecule has 1 amide bonds. The molecule has 1 aromatic rings. The lowest BCUT2D eigenvalue weighted by Gasteiger charge is -2.18. The fourth-order valence-electron chi connectivity index (χ4n) is 1.68. The van der Waals surface area contributed by atoms with Crippen LogP contribution in [0.2, 0.25) is 0 Å². The lowest BCUT2D eigenvalue weighted by atomic mass is 10.4. The van der Waals surface area contributed by atoms with Crippen molar-refractivity contribution < 1.29 is 4.79 Å². The maximum atomic E-state index is 11.6. The smallest absolute Gasteiger partial charge is 0.236 e. The number of aromatic nitrogens is 2. The summed E-state index contributed by atoms with van der Waals surface area (Å²) >= 11 is 0. The Balaban J connectivity index is 2.05. The van der Waals surface area contributed by atoms with E-state index in [1.165, 1.54) is 0 Å². The van der Waals surface area contributed by atoms with Crippen molar-refractivity contribution in [3.05, 3.63) is 18.5 Å².